The molecule has 3 rings (SSSR count). The summed E-state index contributed by atoms with van der Waals surface area (Å²) in [5.41, 5.74) is 2.04. The highest BCUT2D eigenvalue weighted by atomic mass is 16.5. The van der Waals surface area contributed by atoms with Crippen molar-refractivity contribution in [1.29, 1.82) is 0 Å². The Balaban J connectivity index is 1.82. The lowest BCUT2D eigenvalue weighted by atomic mass is 9.86. The number of aromatic nitrogens is 2. The number of nitrogens with one attached hydrogen (secondary N) is 1. The number of aliphatic carboxylic acids is 1. The summed E-state index contributed by atoms with van der Waals surface area (Å²) in [6, 6.07) is 1.73. The molecule has 0 bridgehead atoms. The van der Waals surface area contributed by atoms with Gasteiger partial charge >= 0.3 is 5.97 Å². The van der Waals surface area contributed by atoms with Crippen molar-refractivity contribution in [2.45, 2.75) is 39.5 Å². The average molecular weight is 375 g/mol. The van der Waals surface area contributed by atoms with Crippen LogP contribution in [0.25, 0.3) is 11.1 Å². The molecule has 0 spiro atoms. The van der Waals surface area contributed by atoms with Crippen LogP contribution >= 0.6 is 0 Å². The maximum Gasteiger partial charge on any atom is 0.308 e. The topological polar surface area (TPSA) is 115 Å². The minimum atomic E-state index is -0.897. The van der Waals surface area contributed by atoms with E-state index in [2.05, 4.69) is 15.5 Å². The number of carbonyl (C=O) groups is 2. The molecule has 1 saturated heterocycles. The van der Waals surface area contributed by atoms with Gasteiger partial charge in [0.05, 0.1) is 22.6 Å². The van der Waals surface area contributed by atoms with Gasteiger partial charge in [-0.25, -0.2) is 4.98 Å². The normalized spacial score (nSPS) is 16.6. The highest BCUT2D eigenvalue weighted by molar-refractivity contribution is 6.06. The van der Waals surface area contributed by atoms with Crippen molar-refractivity contribution in [1.82, 2.24) is 15.5 Å². The monoisotopic (exact) mass is 375 g/mol. The van der Waals surface area contributed by atoms with Crippen molar-refractivity contribution in [2.75, 3.05) is 19.8 Å². The largest absolute Gasteiger partial charge is 0.481 e. The summed E-state index contributed by atoms with van der Waals surface area (Å²) in [6.45, 7) is 6.90. The number of carboxylic acids is 1. The first kappa shape index (κ1) is 19.3. The van der Waals surface area contributed by atoms with Crippen LogP contribution < -0.4 is 5.32 Å². The lowest BCUT2D eigenvalue weighted by Gasteiger charge is -2.27. The molecule has 1 aliphatic rings. The molecular weight excluding hydrogens is 350 g/mol. The molecule has 3 heterocycles. The third kappa shape index (κ3) is 4.10. The van der Waals surface area contributed by atoms with Crippen LogP contribution in [0.15, 0.2) is 10.6 Å². The van der Waals surface area contributed by atoms with Crippen LogP contribution in [0, 0.1) is 18.8 Å². The fraction of sp³-hybridized carbons (Fsp3) is 0.579. The molecule has 146 valence electrons. The number of rotatable bonds is 6. The van der Waals surface area contributed by atoms with Gasteiger partial charge in [-0.15, -0.1) is 0 Å². The van der Waals surface area contributed by atoms with Crippen molar-refractivity contribution in [3.63, 3.8) is 0 Å². The Hall–Kier alpha value is -2.48. The summed E-state index contributed by atoms with van der Waals surface area (Å²) in [4.78, 5) is 29.0. The highest BCUT2D eigenvalue weighted by Crippen LogP contribution is 2.26. The van der Waals surface area contributed by atoms with Crippen molar-refractivity contribution in [3.8, 4) is 0 Å². The fourth-order valence-electron chi connectivity index (χ4n) is 3.46. The second-order valence-electron chi connectivity index (χ2n) is 7.30. The van der Waals surface area contributed by atoms with E-state index in [0.717, 1.165) is 5.69 Å². The van der Waals surface area contributed by atoms with Gasteiger partial charge in [0.25, 0.3) is 11.6 Å². The van der Waals surface area contributed by atoms with Crippen LogP contribution in [0.4, 0.5) is 0 Å². The molecule has 1 amide bonds. The van der Waals surface area contributed by atoms with E-state index in [0.29, 0.717) is 48.4 Å². The molecule has 0 aromatic carbocycles. The van der Waals surface area contributed by atoms with Gasteiger partial charge in [0.15, 0.2) is 0 Å². The van der Waals surface area contributed by atoms with E-state index in [9.17, 15) is 14.7 Å². The second kappa shape index (κ2) is 8.04. The number of fused-ring (bicyclic) bond motifs is 1. The molecule has 8 heteroatoms. The van der Waals surface area contributed by atoms with Gasteiger partial charge in [0.2, 0.25) is 0 Å². The van der Waals surface area contributed by atoms with Crippen molar-refractivity contribution >= 4 is 23.0 Å². The minimum Gasteiger partial charge on any atom is -0.481 e. The van der Waals surface area contributed by atoms with Crippen molar-refractivity contribution < 1.29 is 24.0 Å². The zero-order chi connectivity index (χ0) is 19.6. The second-order valence-corrected chi connectivity index (χ2v) is 7.30. The van der Waals surface area contributed by atoms with Crippen LogP contribution in [0.3, 0.4) is 0 Å². The van der Waals surface area contributed by atoms with Crippen LogP contribution in [-0.2, 0) is 9.53 Å². The zero-order valence-electron chi connectivity index (χ0n) is 15.8. The molecule has 0 radical (unpaired) electrons. The molecule has 8 nitrogen and oxygen atoms in total. The molecule has 2 N–H and O–H groups in total. The first-order valence-electron chi connectivity index (χ1n) is 9.24. The van der Waals surface area contributed by atoms with Crippen LogP contribution in [-0.4, -0.2) is 46.9 Å². The number of hydrogen-bond donors (Lipinski definition) is 2. The summed E-state index contributed by atoms with van der Waals surface area (Å²) >= 11 is 0. The Morgan fingerprint density at radius 1 is 1.33 bits per heavy atom. The lowest BCUT2D eigenvalue weighted by molar-refractivity contribution is -0.144. The van der Waals surface area contributed by atoms with Crippen LogP contribution in [0.2, 0.25) is 0 Å². The van der Waals surface area contributed by atoms with E-state index in [1.165, 1.54) is 0 Å². The SMILES string of the molecule is Cc1noc2nc(C(C)C)cc(C(=O)NCC(C(=O)O)C3CCOCC3)c12. The maximum atomic E-state index is 12.9. The van der Waals surface area contributed by atoms with E-state index in [4.69, 9.17) is 9.26 Å². The van der Waals surface area contributed by atoms with Crippen molar-refractivity contribution in [3.05, 3.63) is 23.0 Å². The fourth-order valence-corrected chi connectivity index (χ4v) is 3.46. The molecule has 1 aliphatic heterocycles. The predicted octanol–water partition coefficient (Wildman–Crippen LogP) is 2.51. The maximum absolute atomic E-state index is 12.9. The number of nitrogens with zero attached hydrogens (tertiary/aromatic N) is 2. The van der Waals surface area contributed by atoms with E-state index in [-0.39, 0.29) is 24.3 Å². The summed E-state index contributed by atoms with van der Waals surface area (Å²) in [5, 5.41) is 16.9. The summed E-state index contributed by atoms with van der Waals surface area (Å²) in [6.07, 6.45) is 1.38. The molecular formula is C19H25N3O5. The van der Waals surface area contributed by atoms with Crippen LogP contribution in [0.5, 0.6) is 0 Å². The Labute approximate surface area is 157 Å². The number of amides is 1. The van der Waals surface area contributed by atoms with Gasteiger partial charge in [-0.05, 0) is 37.7 Å². The number of pyridine rings is 1. The predicted molar refractivity (Wildman–Crippen MR) is 97.6 cm³/mol. The molecule has 1 unspecified atom stereocenters. The van der Waals surface area contributed by atoms with Gasteiger partial charge in [0.1, 0.15) is 0 Å². The summed E-state index contributed by atoms with van der Waals surface area (Å²) < 4.78 is 10.5. The Bertz CT molecular complexity index is 839. The quantitative estimate of drug-likeness (QED) is 0.797. The number of ether oxygens (including phenoxy) is 1. The third-order valence-electron chi connectivity index (χ3n) is 5.11. The van der Waals surface area contributed by atoms with Crippen molar-refractivity contribution in [2.24, 2.45) is 11.8 Å². The molecule has 1 fully saturated rings. The van der Waals surface area contributed by atoms with E-state index >= 15 is 0 Å². The standard InChI is InChI=1S/C19H25N3O5/c1-10(2)15-8-13(16-11(3)22-27-18(16)21-15)17(23)20-9-14(19(24)25)12-4-6-26-7-5-12/h8,10,12,14H,4-7,9H2,1-3H3,(H,20,23)(H,24,25). The average Bonchev–Trinajstić information content (AvgIpc) is 3.02. The Morgan fingerprint density at radius 3 is 2.67 bits per heavy atom. The van der Waals surface area contributed by atoms with Gasteiger partial charge in [-0.3, -0.25) is 9.59 Å². The van der Waals surface area contributed by atoms with Crippen LogP contribution in [0.1, 0.15) is 54.4 Å². The summed E-state index contributed by atoms with van der Waals surface area (Å²) in [7, 11) is 0. The molecule has 0 aliphatic carbocycles. The number of carboxylic acid groups (broad SMARTS) is 1. The molecule has 1 atom stereocenters. The van der Waals surface area contributed by atoms with Gasteiger partial charge in [0, 0.05) is 25.5 Å². The third-order valence-corrected chi connectivity index (χ3v) is 5.11. The molecule has 0 saturated carbocycles. The van der Waals surface area contributed by atoms with E-state index in [1.54, 1.807) is 13.0 Å². The first-order valence-corrected chi connectivity index (χ1v) is 9.24. The first-order chi connectivity index (χ1) is 12.9. The Morgan fingerprint density at radius 2 is 2.04 bits per heavy atom. The Kier molecular flexibility index (Phi) is 5.74. The molecule has 2 aromatic heterocycles. The van der Waals surface area contributed by atoms with Gasteiger partial charge in [-0.2, -0.15) is 0 Å². The van der Waals surface area contributed by atoms with Gasteiger partial charge in [-0.1, -0.05) is 19.0 Å². The smallest absolute Gasteiger partial charge is 0.308 e. The lowest BCUT2D eigenvalue weighted by Crippen LogP contribution is -2.39. The zero-order valence-corrected chi connectivity index (χ0v) is 15.8. The molecule has 27 heavy (non-hydrogen) atoms. The minimum absolute atomic E-state index is 0.00226. The number of carbonyl (C=O) groups excluding carboxylic acids is 1. The highest BCUT2D eigenvalue weighted by Gasteiger charge is 2.30. The van der Waals surface area contributed by atoms with E-state index < -0.39 is 11.9 Å². The number of hydrogen-bond acceptors (Lipinski definition) is 6. The van der Waals surface area contributed by atoms with E-state index in [1.807, 2.05) is 13.8 Å². The molecule has 2 aromatic rings. The van der Waals surface area contributed by atoms with Gasteiger partial charge < -0.3 is 19.7 Å². The number of aryl methyl sites for hydroxylation is 1. The summed E-state index contributed by atoms with van der Waals surface area (Å²) in [5.74, 6) is -1.76.